The zero-order valence-corrected chi connectivity index (χ0v) is 23.3. The van der Waals surface area contributed by atoms with E-state index in [0.29, 0.717) is 23.0 Å². The molecule has 4 heteroatoms. The number of hydrogen-bond donors (Lipinski definition) is 0. The molecule has 1 aliphatic heterocycles. The molecule has 42 heavy (non-hydrogen) atoms. The van der Waals surface area contributed by atoms with Crippen LogP contribution in [0.5, 0.6) is 23.0 Å². The number of rotatable bonds is 4. The molecule has 0 unspecified atom stereocenters. The molecule has 7 aromatic rings. The Bertz CT molecular complexity index is 2070. The van der Waals surface area contributed by atoms with Gasteiger partial charge in [0.1, 0.15) is 0 Å². The summed E-state index contributed by atoms with van der Waals surface area (Å²) in [6.45, 7) is 0. The van der Waals surface area contributed by atoms with Gasteiger partial charge in [-0.05, 0) is 87.9 Å². The molecule has 200 valence electrons. The monoisotopic (exact) mass is 561 g/mol. The molecule has 8 rings (SSSR count). The van der Waals surface area contributed by atoms with Gasteiger partial charge in [-0.15, -0.1) is 0 Å². The summed E-state index contributed by atoms with van der Waals surface area (Å²) in [5.41, 5.74) is 5.27. The first-order valence-electron chi connectivity index (χ1n) is 13.9. The average molecular weight is 562 g/mol. The number of hydrogen-bond acceptors (Lipinski definition) is 3. The lowest BCUT2D eigenvalue weighted by molar-refractivity contribution is 0.360. The van der Waals surface area contributed by atoms with Crippen molar-refractivity contribution in [2.75, 3.05) is 4.90 Å². The third-order valence-corrected chi connectivity index (χ3v) is 8.09. The van der Waals surface area contributed by atoms with E-state index in [9.17, 15) is 0 Å². The van der Waals surface area contributed by atoms with Crippen molar-refractivity contribution in [2.24, 2.45) is 0 Å². The topological polar surface area (TPSA) is 21.7 Å². The lowest BCUT2D eigenvalue weighted by Gasteiger charge is -2.27. The minimum absolute atomic E-state index is 0.679. The highest BCUT2D eigenvalue weighted by atomic mass is 35.5. The summed E-state index contributed by atoms with van der Waals surface area (Å²) < 4.78 is 12.8. The number of benzene rings is 7. The van der Waals surface area contributed by atoms with Crippen molar-refractivity contribution >= 4 is 50.2 Å². The summed E-state index contributed by atoms with van der Waals surface area (Å²) in [6.07, 6.45) is 0. The quantitative estimate of drug-likeness (QED) is 0.199. The highest BCUT2D eigenvalue weighted by molar-refractivity contribution is 6.36. The second-order valence-electron chi connectivity index (χ2n) is 10.3. The maximum Gasteiger partial charge on any atom is 0.172 e. The standard InChI is InChI=1S/C38H24ClNO2/c39-34-13-7-12-31-32(34)19-16-25-14-15-26(22-33(25)31)27-17-20-35-37(23-27)41-36-21-18-30(24-38(36)42-35)40(28-8-3-1-4-9-28)29-10-5-2-6-11-29/h1-24H. The Balaban J connectivity index is 1.15. The van der Waals surface area contributed by atoms with E-state index < -0.39 is 0 Å². The first-order chi connectivity index (χ1) is 20.7. The van der Waals surface area contributed by atoms with Gasteiger partial charge in [0.25, 0.3) is 0 Å². The maximum absolute atomic E-state index is 6.49. The summed E-state index contributed by atoms with van der Waals surface area (Å²) in [4.78, 5) is 2.21. The fraction of sp³-hybridized carbons (Fsp3) is 0. The van der Waals surface area contributed by atoms with Gasteiger partial charge in [-0.2, -0.15) is 0 Å². The molecule has 1 aliphatic rings. The lowest BCUT2D eigenvalue weighted by Crippen LogP contribution is -2.10. The number of ether oxygens (including phenoxy) is 2. The number of nitrogens with zero attached hydrogens (tertiary/aromatic N) is 1. The van der Waals surface area contributed by atoms with Gasteiger partial charge in [-0.25, -0.2) is 0 Å². The molecule has 0 saturated carbocycles. The van der Waals surface area contributed by atoms with Crippen LogP contribution >= 0.6 is 11.6 Å². The molecule has 3 nitrogen and oxygen atoms in total. The van der Waals surface area contributed by atoms with Crippen molar-refractivity contribution in [1.29, 1.82) is 0 Å². The van der Waals surface area contributed by atoms with E-state index >= 15 is 0 Å². The Kier molecular flexibility index (Phi) is 5.83. The first kappa shape index (κ1) is 24.5. The second-order valence-corrected chi connectivity index (χ2v) is 10.7. The maximum atomic E-state index is 6.49. The molecule has 0 N–H and O–H groups in total. The third kappa shape index (κ3) is 4.23. The molecular formula is C38H24ClNO2. The molecule has 0 aromatic heterocycles. The highest BCUT2D eigenvalue weighted by Gasteiger charge is 2.22. The van der Waals surface area contributed by atoms with Crippen molar-refractivity contribution in [3.63, 3.8) is 0 Å². The Morgan fingerprint density at radius 2 is 1.02 bits per heavy atom. The van der Waals surface area contributed by atoms with E-state index in [1.54, 1.807) is 0 Å². The van der Waals surface area contributed by atoms with Gasteiger partial charge in [-0.1, -0.05) is 90.5 Å². The number of halogens is 1. The first-order valence-corrected chi connectivity index (χ1v) is 14.2. The summed E-state index contributed by atoms with van der Waals surface area (Å²) in [7, 11) is 0. The average Bonchev–Trinajstić information content (AvgIpc) is 3.04. The van der Waals surface area contributed by atoms with Crippen LogP contribution in [0.25, 0.3) is 32.7 Å². The number of fused-ring (bicyclic) bond motifs is 5. The smallest absolute Gasteiger partial charge is 0.172 e. The fourth-order valence-corrected chi connectivity index (χ4v) is 5.96. The van der Waals surface area contributed by atoms with Crippen LogP contribution in [-0.2, 0) is 0 Å². The molecule has 0 aliphatic carbocycles. The van der Waals surface area contributed by atoms with Gasteiger partial charge in [-0.3, -0.25) is 0 Å². The minimum Gasteiger partial charge on any atom is -0.449 e. The predicted octanol–water partition coefficient (Wildman–Crippen LogP) is 11.7. The van der Waals surface area contributed by atoms with E-state index in [2.05, 4.69) is 77.7 Å². The van der Waals surface area contributed by atoms with Crippen molar-refractivity contribution in [1.82, 2.24) is 0 Å². The Morgan fingerprint density at radius 3 is 1.76 bits per heavy atom. The lowest BCUT2D eigenvalue weighted by atomic mass is 9.97. The van der Waals surface area contributed by atoms with Gasteiger partial charge in [0.2, 0.25) is 0 Å². The van der Waals surface area contributed by atoms with Crippen LogP contribution in [0, 0.1) is 0 Å². The molecule has 0 fully saturated rings. The molecule has 0 spiro atoms. The van der Waals surface area contributed by atoms with Gasteiger partial charge >= 0.3 is 0 Å². The number of para-hydroxylation sites is 2. The zero-order valence-electron chi connectivity index (χ0n) is 22.5. The van der Waals surface area contributed by atoms with E-state index in [1.807, 2.05) is 72.8 Å². The van der Waals surface area contributed by atoms with Crippen LogP contribution in [0.4, 0.5) is 17.1 Å². The van der Waals surface area contributed by atoms with Crippen molar-refractivity contribution < 1.29 is 9.47 Å². The normalized spacial score (nSPS) is 11.8. The molecular weight excluding hydrogens is 538 g/mol. The molecule has 0 atom stereocenters. The van der Waals surface area contributed by atoms with Crippen LogP contribution < -0.4 is 14.4 Å². The van der Waals surface area contributed by atoms with Crippen LogP contribution in [-0.4, -0.2) is 0 Å². The second kappa shape index (κ2) is 9.99. The molecule has 0 saturated heterocycles. The summed E-state index contributed by atoms with van der Waals surface area (Å²) >= 11 is 6.49. The van der Waals surface area contributed by atoms with E-state index in [1.165, 1.54) is 10.8 Å². The predicted molar refractivity (Wildman–Crippen MR) is 173 cm³/mol. The minimum atomic E-state index is 0.679. The summed E-state index contributed by atoms with van der Waals surface area (Å²) in [5, 5.41) is 5.30. The van der Waals surface area contributed by atoms with E-state index in [4.69, 9.17) is 21.1 Å². The van der Waals surface area contributed by atoms with E-state index in [-0.39, 0.29) is 0 Å². The Labute approximate surface area is 248 Å². The summed E-state index contributed by atoms with van der Waals surface area (Å²) in [6, 6.07) is 49.6. The molecule has 0 amide bonds. The highest BCUT2D eigenvalue weighted by Crippen LogP contribution is 2.49. The van der Waals surface area contributed by atoms with Crippen molar-refractivity contribution in [3.8, 4) is 34.1 Å². The molecule has 1 heterocycles. The Hall–Kier alpha value is -5.25. The fourth-order valence-electron chi connectivity index (χ4n) is 5.72. The van der Waals surface area contributed by atoms with Crippen LogP contribution in [0.2, 0.25) is 5.02 Å². The van der Waals surface area contributed by atoms with Gasteiger partial charge in [0, 0.05) is 27.8 Å². The van der Waals surface area contributed by atoms with Crippen LogP contribution in [0.1, 0.15) is 0 Å². The van der Waals surface area contributed by atoms with Gasteiger partial charge in [0.05, 0.1) is 5.69 Å². The molecule has 7 aromatic carbocycles. The molecule has 0 radical (unpaired) electrons. The van der Waals surface area contributed by atoms with Crippen LogP contribution in [0.15, 0.2) is 146 Å². The van der Waals surface area contributed by atoms with Crippen LogP contribution in [0.3, 0.4) is 0 Å². The van der Waals surface area contributed by atoms with Gasteiger partial charge < -0.3 is 14.4 Å². The molecule has 0 bridgehead atoms. The summed E-state index contributed by atoms with van der Waals surface area (Å²) in [5.74, 6) is 2.74. The van der Waals surface area contributed by atoms with Gasteiger partial charge in [0.15, 0.2) is 23.0 Å². The van der Waals surface area contributed by atoms with Crippen molar-refractivity contribution in [3.05, 3.63) is 151 Å². The number of anilines is 3. The Morgan fingerprint density at radius 1 is 0.405 bits per heavy atom. The SMILES string of the molecule is Clc1cccc2c1ccc1ccc(-c3ccc4c(c3)Oc3ccc(N(c5ccccc5)c5ccccc5)cc3O4)cc12. The third-order valence-electron chi connectivity index (χ3n) is 7.76. The zero-order chi connectivity index (χ0) is 28.0. The van der Waals surface area contributed by atoms with E-state index in [0.717, 1.165) is 44.0 Å². The largest absolute Gasteiger partial charge is 0.449 e. The van der Waals surface area contributed by atoms with Crippen molar-refractivity contribution in [2.45, 2.75) is 0 Å².